The minimum absolute atomic E-state index is 0.472. The van der Waals surface area contributed by atoms with Gasteiger partial charge in [0.25, 0.3) is 0 Å². The quantitative estimate of drug-likeness (QED) is 0.489. The van der Waals surface area contributed by atoms with Crippen LogP contribution in [0.1, 0.15) is 11.3 Å². The summed E-state index contributed by atoms with van der Waals surface area (Å²) >= 11 is 1.73. The number of benzene rings is 1. The fourth-order valence-electron chi connectivity index (χ4n) is 1.83. The Bertz CT molecular complexity index is 567. The first-order chi connectivity index (χ1) is 10.3. The van der Waals surface area contributed by atoms with E-state index >= 15 is 0 Å². The summed E-state index contributed by atoms with van der Waals surface area (Å²) in [6.45, 7) is 1.33. The van der Waals surface area contributed by atoms with Crippen LogP contribution < -0.4 is 11.1 Å². The van der Waals surface area contributed by atoms with E-state index in [2.05, 4.69) is 45.8 Å². The summed E-state index contributed by atoms with van der Waals surface area (Å²) in [6, 6.07) is 14.3. The second-order valence-electron chi connectivity index (χ2n) is 4.55. The fraction of sp³-hybridized carbons (Fsp3) is 0.250. The highest BCUT2D eigenvalue weighted by Crippen LogP contribution is 2.15. The normalized spacial score (nSPS) is 11.4. The minimum Gasteiger partial charge on any atom is -0.370 e. The lowest BCUT2D eigenvalue weighted by Gasteiger charge is -2.05. The van der Waals surface area contributed by atoms with E-state index in [9.17, 15) is 0 Å². The summed E-state index contributed by atoms with van der Waals surface area (Å²) in [4.78, 5) is 9.85. The Kier molecular flexibility index (Phi) is 6.09. The molecule has 21 heavy (non-hydrogen) atoms. The van der Waals surface area contributed by atoms with Crippen LogP contribution in [0.25, 0.3) is 0 Å². The standard InChI is InChI=1S/C16H20N4S/c1-21-15-7-5-13(6-8-15)12-20-16(17)19-11-9-14-4-2-3-10-18-14/h2-8,10H,9,11-12H2,1H3,(H3,17,19,20). The van der Waals surface area contributed by atoms with E-state index in [1.807, 2.05) is 18.2 Å². The minimum atomic E-state index is 0.472. The molecule has 0 saturated carbocycles. The van der Waals surface area contributed by atoms with Crippen molar-refractivity contribution in [2.45, 2.75) is 17.9 Å². The third kappa shape index (κ3) is 5.47. The van der Waals surface area contributed by atoms with Crippen molar-refractivity contribution in [2.75, 3.05) is 12.8 Å². The van der Waals surface area contributed by atoms with E-state index in [0.29, 0.717) is 12.5 Å². The zero-order chi connectivity index (χ0) is 14.9. The van der Waals surface area contributed by atoms with E-state index in [4.69, 9.17) is 5.73 Å². The molecule has 0 atom stereocenters. The number of aromatic nitrogens is 1. The zero-order valence-electron chi connectivity index (χ0n) is 12.1. The Morgan fingerprint density at radius 1 is 1.24 bits per heavy atom. The van der Waals surface area contributed by atoms with Gasteiger partial charge in [-0.15, -0.1) is 11.8 Å². The number of aliphatic imine (C=N–C) groups is 1. The lowest BCUT2D eigenvalue weighted by molar-refractivity contribution is 0.827. The van der Waals surface area contributed by atoms with Crippen molar-refractivity contribution in [3.8, 4) is 0 Å². The molecule has 2 rings (SSSR count). The van der Waals surface area contributed by atoms with Crippen molar-refractivity contribution in [3.05, 3.63) is 59.9 Å². The lowest BCUT2D eigenvalue weighted by Crippen LogP contribution is -2.33. The van der Waals surface area contributed by atoms with Crippen LogP contribution in [0.4, 0.5) is 0 Å². The highest BCUT2D eigenvalue weighted by atomic mass is 32.2. The topological polar surface area (TPSA) is 63.3 Å². The van der Waals surface area contributed by atoms with E-state index < -0.39 is 0 Å². The molecular formula is C16H20N4S. The smallest absolute Gasteiger partial charge is 0.188 e. The second-order valence-corrected chi connectivity index (χ2v) is 5.43. The van der Waals surface area contributed by atoms with Crippen LogP contribution >= 0.6 is 11.8 Å². The summed E-state index contributed by atoms with van der Waals surface area (Å²) in [5.41, 5.74) is 8.06. The van der Waals surface area contributed by atoms with Gasteiger partial charge in [0.15, 0.2) is 5.96 Å². The van der Waals surface area contributed by atoms with Crippen molar-refractivity contribution < 1.29 is 0 Å². The van der Waals surface area contributed by atoms with E-state index in [-0.39, 0.29) is 0 Å². The molecule has 1 heterocycles. The van der Waals surface area contributed by atoms with E-state index in [1.165, 1.54) is 4.90 Å². The summed E-state index contributed by atoms with van der Waals surface area (Å²) in [5.74, 6) is 0.472. The van der Waals surface area contributed by atoms with Crippen molar-refractivity contribution in [2.24, 2.45) is 10.7 Å². The average Bonchev–Trinajstić information content (AvgIpc) is 2.54. The lowest BCUT2D eigenvalue weighted by atomic mass is 10.2. The van der Waals surface area contributed by atoms with Gasteiger partial charge in [0.2, 0.25) is 0 Å². The van der Waals surface area contributed by atoms with Crippen molar-refractivity contribution in [1.29, 1.82) is 0 Å². The van der Waals surface area contributed by atoms with Gasteiger partial charge in [-0.2, -0.15) is 0 Å². The van der Waals surface area contributed by atoms with Crippen LogP contribution in [0.3, 0.4) is 0 Å². The molecule has 0 bridgehead atoms. The molecule has 0 spiro atoms. The predicted octanol–water partition coefficient (Wildman–Crippen LogP) is 2.45. The fourth-order valence-corrected chi connectivity index (χ4v) is 2.24. The van der Waals surface area contributed by atoms with Gasteiger partial charge in [0.1, 0.15) is 0 Å². The number of thioether (sulfide) groups is 1. The molecule has 2 aromatic rings. The van der Waals surface area contributed by atoms with Crippen LogP contribution in [0.2, 0.25) is 0 Å². The first-order valence-corrected chi connectivity index (χ1v) is 8.07. The monoisotopic (exact) mass is 300 g/mol. The molecule has 5 heteroatoms. The maximum Gasteiger partial charge on any atom is 0.188 e. The number of nitrogens with one attached hydrogen (secondary N) is 1. The average molecular weight is 300 g/mol. The number of rotatable bonds is 6. The first kappa shape index (κ1) is 15.4. The van der Waals surface area contributed by atoms with Crippen LogP contribution in [0.5, 0.6) is 0 Å². The number of pyridine rings is 1. The van der Waals surface area contributed by atoms with Crippen molar-refractivity contribution in [3.63, 3.8) is 0 Å². The number of hydrogen-bond acceptors (Lipinski definition) is 3. The molecule has 1 aromatic carbocycles. The van der Waals surface area contributed by atoms with Gasteiger partial charge in [-0.1, -0.05) is 18.2 Å². The molecule has 3 N–H and O–H groups in total. The SMILES string of the molecule is CSc1ccc(CN=C(N)NCCc2ccccn2)cc1. The highest BCUT2D eigenvalue weighted by Gasteiger charge is 1.96. The molecule has 110 valence electrons. The molecule has 0 aliphatic carbocycles. The predicted molar refractivity (Wildman–Crippen MR) is 89.5 cm³/mol. The molecule has 0 aliphatic heterocycles. The number of guanidine groups is 1. The Morgan fingerprint density at radius 3 is 2.71 bits per heavy atom. The van der Waals surface area contributed by atoms with Gasteiger partial charge in [0.05, 0.1) is 6.54 Å². The van der Waals surface area contributed by atoms with Crippen molar-refractivity contribution >= 4 is 17.7 Å². The Hall–Kier alpha value is -2.01. The van der Waals surface area contributed by atoms with Gasteiger partial charge < -0.3 is 11.1 Å². The van der Waals surface area contributed by atoms with Gasteiger partial charge in [-0.3, -0.25) is 4.98 Å². The molecule has 0 amide bonds. The molecule has 0 fully saturated rings. The maximum absolute atomic E-state index is 5.86. The van der Waals surface area contributed by atoms with E-state index in [0.717, 1.165) is 24.2 Å². The molecule has 0 saturated heterocycles. The third-order valence-corrected chi connectivity index (χ3v) is 3.75. The molecule has 0 aliphatic rings. The van der Waals surface area contributed by atoms with Gasteiger partial charge in [-0.25, -0.2) is 4.99 Å². The summed E-state index contributed by atoms with van der Waals surface area (Å²) < 4.78 is 0. The van der Waals surface area contributed by atoms with Crippen LogP contribution in [0.15, 0.2) is 58.5 Å². The maximum atomic E-state index is 5.86. The number of nitrogens with two attached hydrogens (primary N) is 1. The number of nitrogens with zero attached hydrogens (tertiary/aromatic N) is 2. The van der Waals surface area contributed by atoms with Gasteiger partial charge >= 0.3 is 0 Å². The molecule has 1 aromatic heterocycles. The Labute approximate surface area is 129 Å². The van der Waals surface area contributed by atoms with Gasteiger partial charge in [-0.05, 0) is 36.1 Å². The van der Waals surface area contributed by atoms with Crippen molar-refractivity contribution in [1.82, 2.24) is 10.3 Å². The Morgan fingerprint density at radius 2 is 2.05 bits per heavy atom. The second kappa shape index (κ2) is 8.32. The Balaban J connectivity index is 1.75. The van der Waals surface area contributed by atoms with Crippen LogP contribution in [-0.2, 0) is 13.0 Å². The van der Waals surface area contributed by atoms with Crippen LogP contribution in [-0.4, -0.2) is 23.7 Å². The summed E-state index contributed by atoms with van der Waals surface area (Å²) in [5, 5.41) is 3.11. The van der Waals surface area contributed by atoms with Crippen LogP contribution in [0, 0.1) is 0 Å². The third-order valence-electron chi connectivity index (χ3n) is 3.00. The molecular weight excluding hydrogens is 280 g/mol. The van der Waals surface area contributed by atoms with Gasteiger partial charge in [0, 0.05) is 29.8 Å². The number of hydrogen-bond donors (Lipinski definition) is 2. The molecule has 4 nitrogen and oxygen atoms in total. The summed E-state index contributed by atoms with van der Waals surface area (Å²) in [6.07, 6.45) is 4.70. The largest absolute Gasteiger partial charge is 0.370 e. The molecule has 0 unspecified atom stereocenters. The summed E-state index contributed by atoms with van der Waals surface area (Å²) in [7, 11) is 0. The zero-order valence-corrected chi connectivity index (χ0v) is 12.9. The first-order valence-electron chi connectivity index (χ1n) is 6.84. The van der Waals surface area contributed by atoms with E-state index in [1.54, 1.807) is 18.0 Å². The molecule has 0 radical (unpaired) electrons. The highest BCUT2D eigenvalue weighted by molar-refractivity contribution is 7.98.